The summed E-state index contributed by atoms with van der Waals surface area (Å²) in [4.78, 5) is 0. The highest BCUT2D eigenvalue weighted by Gasteiger charge is 2.19. The summed E-state index contributed by atoms with van der Waals surface area (Å²) >= 11 is 1.47. The van der Waals surface area contributed by atoms with E-state index < -0.39 is 15.5 Å². The van der Waals surface area contributed by atoms with Gasteiger partial charge in [0.25, 0.3) is 0 Å². The van der Waals surface area contributed by atoms with Gasteiger partial charge in [-0.1, -0.05) is 0 Å². The van der Waals surface area contributed by atoms with Crippen molar-refractivity contribution in [2.75, 3.05) is 0 Å². The maximum Gasteiger partial charge on any atom is 0.305 e. The Kier molecular flexibility index (Phi) is 2.85. The lowest BCUT2D eigenvalue weighted by Gasteiger charge is -2.03. The fourth-order valence-electron chi connectivity index (χ4n) is 0.840. The Labute approximate surface area is 75.3 Å². The van der Waals surface area contributed by atoms with Crippen LogP contribution in [0.5, 0.6) is 0 Å². The van der Waals surface area contributed by atoms with Crippen molar-refractivity contribution < 1.29 is 12.3 Å². The number of halogens is 1. The molecule has 1 atom stereocenters. The molecular formula is C7H9FO2S2. The largest absolute Gasteiger partial charge is 0.305 e. The number of hydrogen-bond donors (Lipinski definition) is 0. The summed E-state index contributed by atoms with van der Waals surface area (Å²) in [5, 5.41) is 2.72. The second kappa shape index (κ2) is 3.53. The van der Waals surface area contributed by atoms with Gasteiger partial charge >= 0.3 is 10.2 Å². The van der Waals surface area contributed by atoms with E-state index in [1.165, 1.54) is 18.3 Å². The van der Waals surface area contributed by atoms with Gasteiger partial charge in [0.1, 0.15) is 0 Å². The van der Waals surface area contributed by atoms with Crippen LogP contribution < -0.4 is 0 Å². The van der Waals surface area contributed by atoms with Crippen molar-refractivity contribution in [1.82, 2.24) is 0 Å². The highest BCUT2D eigenvalue weighted by Crippen LogP contribution is 2.13. The van der Waals surface area contributed by atoms with Crippen LogP contribution >= 0.6 is 11.3 Å². The van der Waals surface area contributed by atoms with E-state index in [4.69, 9.17) is 0 Å². The molecule has 0 spiro atoms. The molecule has 5 heteroatoms. The van der Waals surface area contributed by atoms with E-state index in [0.717, 1.165) is 5.56 Å². The van der Waals surface area contributed by atoms with E-state index in [1.54, 1.807) is 6.07 Å². The zero-order chi connectivity index (χ0) is 9.19. The van der Waals surface area contributed by atoms with E-state index in [1.807, 2.05) is 10.8 Å². The van der Waals surface area contributed by atoms with Crippen LogP contribution in [0.3, 0.4) is 0 Å². The van der Waals surface area contributed by atoms with E-state index in [-0.39, 0.29) is 6.42 Å². The molecule has 2 nitrogen and oxygen atoms in total. The van der Waals surface area contributed by atoms with Gasteiger partial charge in [0.15, 0.2) is 0 Å². The van der Waals surface area contributed by atoms with Gasteiger partial charge in [-0.3, -0.25) is 0 Å². The molecule has 68 valence electrons. The van der Waals surface area contributed by atoms with Crippen molar-refractivity contribution in [1.29, 1.82) is 0 Å². The van der Waals surface area contributed by atoms with Gasteiger partial charge in [0.2, 0.25) is 0 Å². The fourth-order valence-corrected chi connectivity index (χ4v) is 1.91. The molecule has 0 aromatic carbocycles. The summed E-state index contributed by atoms with van der Waals surface area (Å²) in [6.07, 6.45) is 0.252. The first kappa shape index (κ1) is 9.67. The van der Waals surface area contributed by atoms with E-state index in [2.05, 4.69) is 0 Å². The van der Waals surface area contributed by atoms with Crippen molar-refractivity contribution in [3.63, 3.8) is 0 Å². The van der Waals surface area contributed by atoms with Crippen LogP contribution in [0.1, 0.15) is 12.5 Å². The molecule has 1 heterocycles. The van der Waals surface area contributed by atoms with E-state index in [0.29, 0.717) is 0 Å². The number of thiophene rings is 1. The third-order valence-electron chi connectivity index (χ3n) is 1.58. The smallest absolute Gasteiger partial charge is 0.195 e. The molecule has 1 unspecified atom stereocenters. The van der Waals surface area contributed by atoms with Crippen LogP contribution in [-0.4, -0.2) is 13.7 Å². The monoisotopic (exact) mass is 208 g/mol. The van der Waals surface area contributed by atoms with Crippen LogP contribution in [0, 0.1) is 0 Å². The fraction of sp³-hybridized carbons (Fsp3) is 0.429. The molecule has 0 saturated heterocycles. The molecule has 0 N–H and O–H groups in total. The maximum atomic E-state index is 12.4. The highest BCUT2D eigenvalue weighted by atomic mass is 32.3. The van der Waals surface area contributed by atoms with E-state index >= 15 is 0 Å². The molecule has 1 aromatic heterocycles. The van der Waals surface area contributed by atoms with Crippen LogP contribution in [0.2, 0.25) is 0 Å². The van der Waals surface area contributed by atoms with Crippen LogP contribution in [0.25, 0.3) is 0 Å². The van der Waals surface area contributed by atoms with Gasteiger partial charge in [-0.05, 0) is 35.7 Å². The predicted octanol–water partition coefficient (Wildman–Crippen LogP) is 1.98. The maximum absolute atomic E-state index is 12.4. The first-order chi connectivity index (χ1) is 5.50. The van der Waals surface area contributed by atoms with Gasteiger partial charge in [-0.2, -0.15) is 19.8 Å². The molecule has 0 aliphatic heterocycles. The summed E-state index contributed by atoms with van der Waals surface area (Å²) in [7, 11) is -4.37. The third kappa shape index (κ3) is 2.57. The van der Waals surface area contributed by atoms with Crippen LogP contribution in [0.4, 0.5) is 3.89 Å². The predicted molar refractivity (Wildman–Crippen MR) is 47.5 cm³/mol. The first-order valence-corrected chi connectivity index (χ1v) is 5.83. The molecule has 0 fully saturated rings. The van der Waals surface area contributed by atoms with Crippen molar-refractivity contribution in [3.05, 3.63) is 22.4 Å². The summed E-state index contributed by atoms with van der Waals surface area (Å²) in [6.45, 7) is 1.37. The van der Waals surface area contributed by atoms with Gasteiger partial charge in [-0.15, -0.1) is 3.89 Å². The average molecular weight is 208 g/mol. The summed E-state index contributed by atoms with van der Waals surface area (Å²) < 4.78 is 33.1. The molecule has 0 aliphatic carbocycles. The molecular weight excluding hydrogens is 199 g/mol. The van der Waals surface area contributed by atoms with Crippen molar-refractivity contribution in [3.8, 4) is 0 Å². The van der Waals surface area contributed by atoms with Gasteiger partial charge in [0, 0.05) is 0 Å². The topological polar surface area (TPSA) is 34.1 Å². The van der Waals surface area contributed by atoms with Gasteiger partial charge in [-0.25, -0.2) is 0 Å². The minimum Gasteiger partial charge on any atom is -0.195 e. The standard InChI is InChI=1S/C7H9FO2S2/c1-6(12(8,9)10)4-7-2-3-11-5-7/h2-3,5-6H,4H2,1H3. The minimum absolute atomic E-state index is 0.252. The average Bonchev–Trinajstić information content (AvgIpc) is 2.37. The third-order valence-corrected chi connectivity index (χ3v) is 3.44. The quantitative estimate of drug-likeness (QED) is 0.712. The Morgan fingerprint density at radius 1 is 1.67 bits per heavy atom. The Balaban J connectivity index is 2.66. The Hall–Kier alpha value is -0.420. The zero-order valence-corrected chi connectivity index (χ0v) is 8.16. The Bertz CT molecular complexity index is 328. The lowest BCUT2D eigenvalue weighted by Crippen LogP contribution is -2.14. The van der Waals surface area contributed by atoms with Crippen molar-refractivity contribution >= 4 is 21.6 Å². The van der Waals surface area contributed by atoms with Gasteiger partial charge < -0.3 is 0 Å². The van der Waals surface area contributed by atoms with E-state index in [9.17, 15) is 12.3 Å². The molecule has 0 saturated carbocycles. The molecule has 0 radical (unpaired) electrons. The molecule has 0 aliphatic rings. The first-order valence-electron chi connectivity index (χ1n) is 3.44. The number of rotatable bonds is 3. The molecule has 0 amide bonds. The van der Waals surface area contributed by atoms with Gasteiger partial charge in [0.05, 0.1) is 5.25 Å². The van der Waals surface area contributed by atoms with Crippen molar-refractivity contribution in [2.24, 2.45) is 0 Å². The molecule has 1 rings (SSSR count). The zero-order valence-electron chi connectivity index (χ0n) is 6.53. The second-order valence-corrected chi connectivity index (χ2v) is 5.16. The number of hydrogen-bond acceptors (Lipinski definition) is 3. The van der Waals surface area contributed by atoms with Crippen molar-refractivity contribution in [2.45, 2.75) is 18.6 Å². The van der Waals surface area contributed by atoms with Crippen LogP contribution in [0.15, 0.2) is 16.8 Å². The SMILES string of the molecule is CC(Cc1ccsc1)S(=O)(=O)F. The van der Waals surface area contributed by atoms with Crippen LogP contribution in [-0.2, 0) is 16.6 Å². The lowest BCUT2D eigenvalue weighted by molar-refractivity contribution is 0.537. The highest BCUT2D eigenvalue weighted by molar-refractivity contribution is 7.87. The Morgan fingerprint density at radius 2 is 2.33 bits per heavy atom. The molecule has 12 heavy (non-hydrogen) atoms. The lowest BCUT2D eigenvalue weighted by atomic mass is 10.2. The summed E-state index contributed by atoms with van der Waals surface area (Å²) in [5.74, 6) is 0. The summed E-state index contributed by atoms with van der Waals surface area (Å²) in [5.41, 5.74) is 0.869. The second-order valence-electron chi connectivity index (χ2n) is 2.62. The molecule has 1 aromatic rings. The molecule has 0 bridgehead atoms. The minimum atomic E-state index is -4.37. The summed E-state index contributed by atoms with van der Waals surface area (Å²) in [6, 6.07) is 1.80. The normalized spacial score (nSPS) is 14.5. The Morgan fingerprint density at radius 3 is 2.75 bits per heavy atom.